The van der Waals surface area contributed by atoms with E-state index in [4.69, 9.17) is 4.52 Å². The van der Waals surface area contributed by atoms with Crippen molar-refractivity contribution in [3.63, 3.8) is 0 Å². The fourth-order valence-electron chi connectivity index (χ4n) is 2.80. The van der Waals surface area contributed by atoms with Crippen molar-refractivity contribution in [3.8, 4) is 5.69 Å². The zero-order valence-electron chi connectivity index (χ0n) is 12.0. The molecule has 3 heterocycles. The fraction of sp³-hybridized carbons (Fsp3) is 0.176. The maximum atomic E-state index is 12.7. The average molecular weight is 293 g/mol. The summed E-state index contributed by atoms with van der Waals surface area (Å²) in [5.74, 6) is 0.936. The van der Waals surface area contributed by atoms with Gasteiger partial charge < -0.3 is 14.0 Å². The van der Waals surface area contributed by atoms with E-state index in [0.717, 1.165) is 23.4 Å². The third kappa shape index (κ3) is 2.20. The van der Waals surface area contributed by atoms with Crippen molar-refractivity contribution in [2.45, 2.75) is 13.0 Å². The second kappa shape index (κ2) is 5.18. The molecule has 0 N–H and O–H groups in total. The van der Waals surface area contributed by atoms with Crippen molar-refractivity contribution in [1.82, 2.24) is 14.6 Å². The molecule has 0 saturated heterocycles. The Labute approximate surface area is 127 Å². The highest BCUT2D eigenvalue weighted by Crippen LogP contribution is 2.21. The quantitative estimate of drug-likeness (QED) is 0.730. The summed E-state index contributed by atoms with van der Waals surface area (Å²) < 4.78 is 7.16. The summed E-state index contributed by atoms with van der Waals surface area (Å²) in [4.78, 5) is 14.6. The smallest absolute Gasteiger partial charge is 0.254 e. The number of hydrogen-bond donors (Lipinski definition) is 0. The first kappa shape index (κ1) is 12.9. The molecule has 110 valence electrons. The van der Waals surface area contributed by atoms with E-state index in [1.165, 1.54) is 0 Å². The van der Waals surface area contributed by atoms with Gasteiger partial charge in [-0.1, -0.05) is 11.2 Å². The molecule has 1 aromatic carbocycles. The first-order chi connectivity index (χ1) is 10.8. The number of hydrogen-bond acceptors (Lipinski definition) is 3. The Morgan fingerprint density at radius 1 is 1.18 bits per heavy atom. The molecule has 0 bridgehead atoms. The number of fused-ring (bicyclic) bond motifs is 1. The molecule has 1 aliphatic heterocycles. The molecule has 5 heteroatoms. The van der Waals surface area contributed by atoms with Gasteiger partial charge in [0.25, 0.3) is 5.91 Å². The third-order valence-electron chi connectivity index (χ3n) is 3.98. The van der Waals surface area contributed by atoms with E-state index in [1.807, 2.05) is 58.3 Å². The van der Waals surface area contributed by atoms with Crippen molar-refractivity contribution in [3.05, 3.63) is 71.9 Å². The maximum absolute atomic E-state index is 12.7. The first-order valence-corrected chi connectivity index (χ1v) is 7.26. The van der Waals surface area contributed by atoms with Gasteiger partial charge >= 0.3 is 0 Å². The van der Waals surface area contributed by atoms with Gasteiger partial charge in [0, 0.05) is 42.2 Å². The molecule has 0 unspecified atom stereocenters. The monoisotopic (exact) mass is 293 g/mol. The van der Waals surface area contributed by atoms with Crippen LogP contribution in [0.4, 0.5) is 0 Å². The Morgan fingerprint density at radius 2 is 2.05 bits per heavy atom. The average Bonchev–Trinajstić information content (AvgIpc) is 3.25. The van der Waals surface area contributed by atoms with Gasteiger partial charge in [-0.25, -0.2) is 0 Å². The van der Waals surface area contributed by atoms with Gasteiger partial charge in [-0.05, 0) is 30.3 Å². The molecule has 2 aromatic heterocycles. The highest BCUT2D eigenvalue weighted by Gasteiger charge is 2.24. The number of rotatable bonds is 2. The third-order valence-corrected chi connectivity index (χ3v) is 3.98. The lowest BCUT2D eigenvalue weighted by Crippen LogP contribution is -2.35. The lowest BCUT2D eigenvalue weighted by Gasteiger charge is -2.25. The van der Waals surface area contributed by atoms with E-state index in [2.05, 4.69) is 5.16 Å². The van der Waals surface area contributed by atoms with Gasteiger partial charge in [0.05, 0.1) is 12.7 Å². The summed E-state index contributed by atoms with van der Waals surface area (Å²) in [5.41, 5.74) is 2.69. The normalized spacial score (nSPS) is 13.9. The lowest BCUT2D eigenvalue weighted by molar-refractivity contribution is 0.0729. The molecule has 1 amide bonds. The topological polar surface area (TPSA) is 51.3 Å². The zero-order valence-corrected chi connectivity index (χ0v) is 12.0. The van der Waals surface area contributed by atoms with Crippen molar-refractivity contribution in [2.75, 3.05) is 6.54 Å². The number of benzene rings is 1. The van der Waals surface area contributed by atoms with Crippen molar-refractivity contribution >= 4 is 5.91 Å². The van der Waals surface area contributed by atoms with Crippen LogP contribution in [0.25, 0.3) is 5.69 Å². The Hall–Kier alpha value is -2.82. The number of nitrogens with zero attached hydrogens (tertiary/aromatic N) is 3. The van der Waals surface area contributed by atoms with Crippen LogP contribution >= 0.6 is 0 Å². The van der Waals surface area contributed by atoms with Crippen LogP contribution in [-0.2, 0) is 13.0 Å². The van der Waals surface area contributed by atoms with Gasteiger partial charge in [-0.3, -0.25) is 4.79 Å². The molecule has 1 aliphatic rings. The van der Waals surface area contributed by atoms with Gasteiger partial charge in [0.1, 0.15) is 5.76 Å². The van der Waals surface area contributed by atoms with Crippen LogP contribution in [0.2, 0.25) is 0 Å². The predicted molar refractivity (Wildman–Crippen MR) is 80.7 cm³/mol. The van der Waals surface area contributed by atoms with Crippen LogP contribution in [0.15, 0.2) is 59.5 Å². The highest BCUT2D eigenvalue weighted by atomic mass is 16.5. The molecule has 0 atom stereocenters. The predicted octanol–water partition coefficient (Wildman–Crippen LogP) is 2.66. The molecule has 22 heavy (non-hydrogen) atoms. The van der Waals surface area contributed by atoms with Gasteiger partial charge in [-0.2, -0.15) is 0 Å². The van der Waals surface area contributed by atoms with Crippen molar-refractivity contribution in [2.24, 2.45) is 0 Å². The zero-order chi connectivity index (χ0) is 14.9. The van der Waals surface area contributed by atoms with E-state index in [1.54, 1.807) is 6.20 Å². The minimum absolute atomic E-state index is 0.0425. The molecule has 3 aromatic rings. The van der Waals surface area contributed by atoms with Crippen LogP contribution in [0.5, 0.6) is 0 Å². The lowest BCUT2D eigenvalue weighted by atomic mass is 10.1. The number of carbonyl (C=O) groups is 1. The SMILES string of the molecule is O=C(c1cccc(-n2cccc2)c1)N1CCc2oncc2C1. The molecule has 0 spiro atoms. The molecular formula is C17H15N3O2. The minimum atomic E-state index is 0.0425. The minimum Gasteiger partial charge on any atom is -0.361 e. The Bertz CT molecular complexity index is 805. The van der Waals surface area contributed by atoms with E-state index >= 15 is 0 Å². The van der Waals surface area contributed by atoms with E-state index in [-0.39, 0.29) is 5.91 Å². The summed E-state index contributed by atoms with van der Waals surface area (Å²) in [6.45, 7) is 1.22. The van der Waals surface area contributed by atoms with Crippen LogP contribution in [-0.4, -0.2) is 27.1 Å². The summed E-state index contributed by atoms with van der Waals surface area (Å²) in [7, 11) is 0. The van der Waals surface area contributed by atoms with Gasteiger partial charge in [0.15, 0.2) is 0 Å². The molecule has 4 rings (SSSR count). The Kier molecular flexibility index (Phi) is 3.04. The number of amides is 1. The standard InChI is InChI=1S/C17H15N3O2/c21-17(20-9-6-16-14(12-20)11-18-22-16)13-4-3-5-15(10-13)19-7-1-2-8-19/h1-5,7-8,10-11H,6,9,12H2. The summed E-state index contributed by atoms with van der Waals surface area (Å²) in [6.07, 6.45) is 6.35. The molecule has 0 radical (unpaired) electrons. The fourth-order valence-corrected chi connectivity index (χ4v) is 2.80. The second-order valence-electron chi connectivity index (χ2n) is 5.39. The van der Waals surface area contributed by atoms with Gasteiger partial charge in [-0.15, -0.1) is 0 Å². The van der Waals surface area contributed by atoms with Crippen molar-refractivity contribution < 1.29 is 9.32 Å². The molecule has 0 fully saturated rings. The van der Waals surface area contributed by atoms with E-state index in [9.17, 15) is 4.79 Å². The molecule has 5 nitrogen and oxygen atoms in total. The van der Waals surface area contributed by atoms with Crippen LogP contribution < -0.4 is 0 Å². The second-order valence-corrected chi connectivity index (χ2v) is 5.39. The Balaban J connectivity index is 1.60. The summed E-state index contributed by atoms with van der Waals surface area (Å²) in [5, 5.41) is 3.80. The number of carbonyl (C=O) groups excluding carboxylic acids is 1. The summed E-state index contributed by atoms with van der Waals surface area (Å²) >= 11 is 0. The van der Waals surface area contributed by atoms with Gasteiger partial charge in [0.2, 0.25) is 0 Å². The van der Waals surface area contributed by atoms with E-state index < -0.39 is 0 Å². The number of aromatic nitrogens is 2. The molecular weight excluding hydrogens is 278 g/mol. The Morgan fingerprint density at radius 3 is 2.91 bits per heavy atom. The van der Waals surface area contributed by atoms with Crippen LogP contribution in [0, 0.1) is 0 Å². The highest BCUT2D eigenvalue weighted by molar-refractivity contribution is 5.94. The molecule has 0 saturated carbocycles. The van der Waals surface area contributed by atoms with E-state index in [0.29, 0.717) is 18.7 Å². The first-order valence-electron chi connectivity index (χ1n) is 7.26. The van der Waals surface area contributed by atoms with Crippen LogP contribution in [0.3, 0.4) is 0 Å². The van der Waals surface area contributed by atoms with Crippen LogP contribution in [0.1, 0.15) is 21.7 Å². The summed E-state index contributed by atoms with van der Waals surface area (Å²) in [6, 6.07) is 11.6. The maximum Gasteiger partial charge on any atom is 0.254 e. The molecule has 0 aliphatic carbocycles. The largest absolute Gasteiger partial charge is 0.361 e. The van der Waals surface area contributed by atoms with Crippen molar-refractivity contribution in [1.29, 1.82) is 0 Å².